The fourth-order valence-corrected chi connectivity index (χ4v) is 2.77. The highest BCUT2D eigenvalue weighted by atomic mass is 16.7. The summed E-state index contributed by atoms with van der Waals surface area (Å²) in [7, 11) is 1.62. The maximum atomic E-state index is 12.9. The number of ether oxygens (including phenoxy) is 3. The van der Waals surface area contributed by atoms with Crippen molar-refractivity contribution >= 4 is 5.97 Å². The summed E-state index contributed by atoms with van der Waals surface area (Å²) in [5, 5.41) is 0. The molecule has 0 saturated carbocycles. The minimum Gasteiger partial charge on any atom is -0.497 e. The zero-order chi connectivity index (χ0) is 17.4. The predicted molar refractivity (Wildman–Crippen MR) is 90.8 cm³/mol. The van der Waals surface area contributed by atoms with E-state index < -0.39 is 11.2 Å². The Morgan fingerprint density at radius 2 is 1.67 bits per heavy atom. The van der Waals surface area contributed by atoms with Crippen LogP contribution in [0.25, 0.3) is 0 Å². The molecule has 1 heterocycles. The van der Waals surface area contributed by atoms with Gasteiger partial charge in [-0.2, -0.15) is 0 Å². The molecule has 0 radical (unpaired) electrons. The second kappa shape index (κ2) is 5.95. The summed E-state index contributed by atoms with van der Waals surface area (Å²) in [4.78, 5) is 12.9. The molecule has 24 heavy (non-hydrogen) atoms. The van der Waals surface area contributed by atoms with Crippen molar-refractivity contribution in [3.8, 4) is 5.75 Å². The lowest BCUT2D eigenvalue weighted by Gasteiger charge is -2.23. The van der Waals surface area contributed by atoms with Crippen molar-refractivity contribution in [2.45, 2.75) is 38.1 Å². The second-order valence-electron chi connectivity index (χ2n) is 6.87. The highest BCUT2D eigenvalue weighted by Crippen LogP contribution is 2.58. The third kappa shape index (κ3) is 3.02. The zero-order valence-corrected chi connectivity index (χ0v) is 14.4. The monoisotopic (exact) mass is 326 g/mol. The molecule has 2 aromatic rings. The summed E-state index contributed by atoms with van der Waals surface area (Å²) in [6.07, 6.45) is -0.361. The van der Waals surface area contributed by atoms with Gasteiger partial charge in [-0.05, 0) is 44.0 Å². The predicted octanol–water partition coefficient (Wildman–Crippen LogP) is 4.00. The van der Waals surface area contributed by atoms with Gasteiger partial charge in [0.05, 0.1) is 7.11 Å². The molecule has 1 fully saturated rings. The smallest absolute Gasteiger partial charge is 0.346 e. The molecular formula is C20H22O4. The lowest BCUT2D eigenvalue weighted by molar-refractivity contribution is -0.162. The molecule has 126 valence electrons. The van der Waals surface area contributed by atoms with Crippen molar-refractivity contribution < 1.29 is 19.0 Å². The Hall–Kier alpha value is -2.33. The molecule has 4 nitrogen and oxygen atoms in total. The van der Waals surface area contributed by atoms with Crippen molar-refractivity contribution in [2.24, 2.45) is 0 Å². The molecular weight excluding hydrogens is 304 g/mol. The van der Waals surface area contributed by atoms with Crippen LogP contribution in [0.2, 0.25) is 0 Å². The number of carbonyl (C=O) groups is 1. The van der Waals surface area contributed by atoms with Crippen LogP contribution in [-0.2, 0) is 19.9 Å². The van der Waals surface area contributed by atoms with Crippen LogP contribution in [0.1, 0.15) is 38.0 Å². The summed E-state index contributed by atoms with van der Waals surface area (Å²) in [5.74, 6) is 0.406. The van der Waals surface area contributed by atoms with Crippen LogP contribution in [-0.4, -0.2) is 18.7 Å². The molecule has 1 saturated heterocycles. The van der Waals surface area contributed by atoms with Gasteiger partial charge in [0.25, 0.3) is 0 Å². The van der Waals surface area contributed by atoms with Gasteiger partial charge in [0.2, 0.25) is 5.60 Å². The summed E-state index contributed by atoms with van der Waals surface area (Å²) < 4.78 is 16.8. The van der Waals surface area contributed by atoms with Gasteiger partial charge in [-0.3, -0.25) is 0 Å². The second-order valence-corrected chi connectivity index (χ2v) is 6.87. The van der Waals surface area contributed by atoms with Gasteiger partial charge >= 0.3 is 5.97 Å². The van der Waals surface area contributed by atoms with Crippen molar-refractivity contribution in [3.05, 3.63) is 65.7 Å². The van der Waals surface area contributed by atoms with E-state index in [1.807, 2.05) is 75.4 Å². The van der Waals surface area contributed by atoms with E-state index in [4.69, 9.17) is 14.2 Å². The van der Waals surface area contributed by atoms with Gasteiger partial charge in [-0.15, -0.1) is 0 Å². The molecule has 0 aromatic heterocycles. The molecule has 0 aliphatic carbocycles. The molecule has 0 spiro atoms. The Kier molecular flexibility index (Phi) is 4.10. The lowest BCUT2D eigenvalue weighted by atomic mass is 9.91. The van der Waals surface area contributed by atoms with Crippen LogP contribution in [0.3, 0.4) is 0 Å². The van der Waals surface area contributed by atoms with E-state index in [9.17, 15) is 4.79 Å². The summed E-state index contributed by atoms with van der Waals surface area (Å²) in [6, 6.07) is 17.1. The van der Waals surface area contributed by atoms with E-state index in [1.54, 1.807) is 7.11 Å². The molecule has 2 aromatic carbocycles. The molecule has 0 amide bonds. The molecule has 0 bridgehead atoms. The SMILES string of the molecule is COc1ccc(C2OC2(C(=O)OC(C)(C)C)c2ccccc2)cc1. The highest BCUT2D eigenvalue weighted by Gasteiger charge is 2.66. The summed E-state index contributed by atoms with van der Waals surface area (Å²) >= 11 is 0. The Bertz CT molecular complexity index is 716. The van der Waals surface area contributed by atoms with Gasteiger partial charge in [0.1, 0.15) is 17.5 Å². The van der Waals surface area contributed by atoms with Crippen LogP contribution < -0.4 is 4.74 Å². The van der Waals surface area contributed by atoms with Crippen LogP contribution in [0.5, 0.6) is 5.75 Å². The van der Waals surface area contributed by atoms with Crippen LogP contribution in [0, 0.1) is 0 Å². The van der Waals surface area contributed by atoms with E-state index in [0.717, 1.165) is 16.9 Å². The first kappa shape index (κ1) is 16.5. The standard InChI is InChI=1S/C20H22O4/c1-19(2,3)24-18(21)20(15-8-6-5-7-9-15)17(23-20)14-10-12-16(22-4)13-11-14/h5-13,17H,1-4H3. The normalized spacial score (nSPS) is 22.8. The van der Waals surface area contributed by atoms with Gasteiger partial charge in [-0.1, -0.05) is 42.5 Å². The van der Waals surface area contributed by atoms with Crippen molar-refractivity contribution in [3.63, 3.8) is 0 Å². The first-order valence-electron chi connectivity index (χ1n) is 7.97. The zero-order valence-electron chi connectivity index (χ0n) is 14.4. The van der Waals surface area contributed by atoms with Crippen LogP contribution >= 0.6 is 0 Å². The molecule has 4 heteroatoms. The molecule has 2 atom stereocenters. The molecule has 2 unspecified atom stereocenters. The Labute approximate surface area is 142 Å². The van der Waals surface area contributed by atoms with Gasteiger partial charge in [0.15, 0.2) is 0 Å². The molecule has 3 rings (SSSR count). The fourth-order valence-electron chi connectivity index (χ4n) is 2.77. The topological polar surface area (TPSA) is 48.1 Å². The van der Waals surface area contributed by atoms with Crippen molar-refractivity contribution in [1.29, 1.82) is 0 Å². The van der Waals surface area contributed by atoms with E-state index in [1.165, 1.54) is 0 Å². The third-order valence-corrected chi connectivity index (χ3v) is 3.94. The summed E-state index contributed by atoms with van der Waals surface area (Å²) in [5.41, 5.74) is 0.0730. The highest BCUT2D eigenvalue weighted by molar-refractivity contribution is 5.86. The Morgan fingerprint density at radius 1 is 1.04 bits per heavy atom. The van der Waals surface area contributed by atoms with Gasteiger partial charge < -0.3 is 14.2 Å². The molecule has 1 aliphatic rings. The van der Waals surface area contributed by atoms with Gasteiger partial charge in [-0.25, -0.2) is 4.79 Å². The maximum absolute atomic E-state index is 12.9. The van der Waals surface area contributed by atoms with E-state index in [-0.39, 0.29) is 12.1 Å². The first-order valence-corrected chi connectivity index (χ1v) is 7.97. The average molecular weight is 326 g/mol. The first-order chi connectivity index (χ1) is 11.4. The number of benzene rings is 2. The van der Waals surface area contributed by atoms with Crippen LogP contribution in [0.15, 0.2) is 54.6 Å². The third-order valence-electron chi connectivity index (χ3n) is 3.94. The van der Waals surface area contributed by atoms with Crippen LogP contribution in [0.4, 0.5) is 0 Å². The number of epoxide rings is 1. The number of esters is 1. The Balaban J connectivity index is 1.95. The minimum absolute atomic E-state index is 0.359. The molecule has 0 N–H and O–H groups in total. The largest absolute Gasteiger partial charge is 0.497 e. The minimum atomic E-state index is -1.08. The number of hydrogen-bond donors (Lipinski definition) is 0. The van der Waals surface area contributed by atoms with E-state index in [2.05, 4.69) is 0 Å². The van der Waals surface area contributed by atoms with E-state index in [0.29, 0.717) is 0 Å². The van der Waals surface area contributed by atoms with Gasteiger partial charge in [0, 0.05) is 0 Å². The number of carbonyl (C=O) groups excluding carboxylic acids is 1. The molecule has 1 aliphatic heterocycles. The maximum Gasteiger partial charge on any atom is 0.346 e. The number of methoxy groups -OCH3 is 1. The quantitative estimate of drug-likeness (QED) is 0.629. The fraction of sp³-hybridized carbons (Fsp3) is 0.350. The average Bonchev–Trinajstić information content (AvgIpc) is 3.31. The Morgan fingerprint density at radius 3 is 2.21 bits per heavy atom. The van der Waals surface area contributed by atoms with Crippen molar-refractivity contribution in [1.82, 2.24) is 0 Å². The van der Waals surface area contributed by atoms with Crippen molar-refractivity contribution in [2.75, 3.05) is 7.11 Å². The number of hydrogen-bond acceptors (Lipinski definition) is 4. The van der Waals surface area contributed by atoms with E-state index >= 15 is 0 Å². The summed E-state index contributed by atoms with van der Waals surface area (Å²) in [6.45, 7) is 5.57. The number of rotatable bonds is 4. The lowest BCUT2D eigenvalue weighted by Crippen LogP contribution is -2.33.